The molecule has 1 saturated heterocycles. The van der Waals surface area contributed by atoms with Crippen molar-refractivity contribution in [3.8, 4) is 0 Å². The number of nitrogens with zero attached hydrogens (tertiary/aromatic N) is 2. The van der Waals surface area contributed by atoms with Gasteiger partial charge in [-0.1, -0.05) is 0 Å². The lowest BCUT2D eigenvalue weighted by atomic mass is 10.1. The van der Waals surface area contributed by atoms with Gasteiger partial charge in [0.1, 0.15) is 11.6 Å². The molecule has 0 aliphatic carbocycles. The second kappa shape index (κ2) is 7.18. The van der Waals surface area contributed by atoms with E-state index in [1.54, 1.807) is 11.8 Å². The van der Waals surface area contributed by atoms with E-state index in [2.05, 4.69) is 10.2 Å². The van der Waals surface area contributed by atoms with E-state index >= 15 is 0 Å². The first-order chi connectivity index (χ1) is 11.9. The van der Waals surface area contributed by atoms with Crippen LogP contribution in [0.4, 0.5) is 8.78 Å². The number of carbonyl (C=O) groups is 1. The average Bonchev–Trinajstić information content (AvgIpc) is 2.86. The third-order valence-electron chi connectivity index (χ3n) is 4.47. The molecular formula is C17H20F2N4O2. The molecule has 0 bridgehead atoms. The van der Waals surface area contributed by atoms with E-state index in [1.165, 1.54) is 12.1 Å². The van der Waals surface area contributed by atoms with Crippen molar-refractivity contribution in [1.29, 1.82) is 0 Å². The summed E-state index contributed by atoms with van der Waals surface area (Å²) in [5, 5.41) is 5.18. The Morgan fingerprint density at radius 1 is 1.08 bits per heavy atom. The molecule has 0 atom stereocenters. The highest BCUT2D eigenvalue weighted by molar-refractivity contribution is 5.79. The number of amides is 1. The summed E-state index contributed by atoms with van der Waals surface area (Å²) >= 11 is 0. The fourth-order valence-electron chi connectivity index (χ4n) is 3.06. The molecule has 0 unspecified atom stereocenters. The summed E-state index contributed by atoms with van der Waals surface area (Å²) < 4.78 is 26.5. The number of carbonyl (C=O) groups excluding carboxylic acids is 1. The smallest absolute Gasteiger partial charge is 0.267 e. The number of aryl methyl sites for hydroxylation is 1. The molecule has 1 fully saturated rings. The molecule has 8 heteroatoms. The van der Waals surface area contributed by atoms with Gasteiger partial charge in [0.15, 0.2) is 0 Å². The summed E-state index contributed by atoms with van der Waals surface area (Å²) in [6.07, 6.45) is 0.0692. The number of H-pyrrole nitrogens is 2. The first kappa shape index (κ1) is 17.3. The fourth-order valence-corrected chi connectivity index (χ4v) is 3.06. The Morgan fingerprint density at radius 2 is 1.72 bits per heavy atom. The van der Waals surface area contributed by atoms with Gasteiger partial charge in [-0.25, -0.2) is 8.78 Å². The topological polar surface area (TPSA) is 72.2 Å². The quantitative estimate of drug-likeness (QED) is 0.870. The summed E-state index contributed by atoms with van der Waals surface area (Å²) in [4.78, 5) is 27.8. The summed E-state index contributed by atoms with van der Waals surface area (Å²) in [6.45, 7) is 4.47. The highest BCUT2D eigenvalue weighted by atomic mass is 19.1. The molecule has 6 nitrogen and oxygen atoms in total. The summed E-state index contributed by atoms with van der Waals surface area (Å²) in [5.41, 5.74) is 1.44. The number of aromatic amines is 2. The first-order valence-corrected chi connectivity index (χ1v) is 8.13. The number of piperazine rings is 1. The Bertz CT molecular complexity index is 802. The Labute approximate surface area is 143 Å². The van der Waals surface area contributed by atoms with Gasteiger partial charge >= 0.3 is 0 Å². The van der Waals surface area contributed by atoms with E-state index in [-0.39, 0.29) is 17.9 Å². The lowest BCUT2D eigenvalue weighted by molar-refractivity contribution is -0.132. The van der Waals surface area contributed by atoms with Gasteiger partial charge in [-0.05, 0) is 24.6 Å². The van der Waals surface area contributed by atoms with Gasteiger partial charge in [0.05, 0.1) is 6.42 Å². The van der Waals surface area contributed by atoms with Crippen LogP contribution < -0.4 is 5.56 Å². The van der Waals surface area contributed by atoms with Crippen molar-refractivity contribution in [2.45, 2.75) is 19.9 Å². The van der Waals surface area contributed by atoms with Crippen LogP contribution in [0.25, 0.3) is 0 Å². The Balaban J connectivity index is 1.54. The van der Waals surface area contributed by atoms with Gasteiger partial charge in [0.2, 0.25) is 5.91 Å². The normalized spacial score (nSPS) is 15.6. The van der Waals surface area contributed by atoms with Crippen molar-refractivity contribution in [2.75, 3.05) is 26.2 Å². The van der Waals surface area contributed by atoms with Crippen LogP contribution in [0.1, 0.15) is 16.8 Å². The largest absolute Gasteiger partial charge is 0.340 e. The van der Waals surface area contributed by atoms with Crippen molar-refractivity contribution in [3.63, 3.8) is 0 Å². The minimum absolute atomic E-state index is 0.0692. The zero-order valence-electron chi connectivity index (χ0n) is 13.9. The maximum atomic E-state index is 13.3. The van der Waals surface area contributed by atoms with Gasteiger partial charge in [0, 0.05) is 50.0 Å². The molecule has 1 aromatic heterocycles. The van der Waals surface area contributed by atoms with Crippen molar-refractivity contribution in [3.05, 3.63) is 57.0 Å². The van der Waals surface area contributed by atoms with Crippen LogP contribution in [0.3, 0.4) is 0 Å². The molecule has 2 heterocycles. The SMILES string of the molecule is Cc1[nH][nH]c(=O)c1CC(=O)N1CCN(Cc2cc(F)cc(F)c2)CC1. The average molecular weight is 350 g/mol. The van der Waals surface area contributed by atoms with Crippen LogP contribution >= 0.6 is 0 Å². The lowest BCUT2D eigenvalue weighted by Crippen LogP contribution is -2.48. The van der Waals surface area contributed by atoms with Crippen molar-refractivity contribution >= 4 is 5.91 Å². The molecule has 0 radical (unpaired) electrons. The van der Waals surface area contributed by atoms with E-state index in [1.807, 2.05) is 4.90 Å². The number of nitrogens with one attached hydrogen (secondary N) is 2. The first-order valence-electron chi connectivity index (χ1n) is 8.13. The van der Waals surface area contributed by atoms with Gasteiger partial charge in [-0.2, -0.15) is 0 Å². The maximum absolute atomic E-state index is 13.3. The third-order valence-corrected chi connectivity index (χ3v) is 4.47. The number of halogens is 2. The van der Waals surface area contributed by atoms with Crippen molar-refractivity contribution < 1.29 is 13.6 Å². The summed E-state index contributed by atoms with van der Waals surface area (Å²) in [7, 11) is 0. The number of aromatic nitrogens is 2. The Kier molecular flexibility index (Phi) is 4.98. The minimum atomic E-state index is -0.587. The number of benzene rings is 1. The summed E-state index contributed by atoms with van der Waals surface area (Å²) in [5.74, 6) is -1.27. The molecule has 25 heavy (non-hydrogen) atoms. The molecule has 1 aliphatic rings. The minimum Gasteiger partial charge on any atom is -0.340 e. The van der Waals surface area contributed by atoms with Crippen LogP contribution in [-0.4, -0.2) is 52.1 Å². The molecule has 134 valence electrons. The molecule has 2 aromatic rings. The monoisotopic (exact) mass is 350 g/mol. The molecule has 1 aromatic carbocycles. The maximum Gasteiger partial charge on any atom is 0.267 e. The van der Waals surface area contributed by atoms with Crippen LogP contribution in [0.2, 0.25) is 0 Å². The van der Waals surface area contributed by atoms with Crippen molar-refractivity contribution in [1.82, 2.24) is 20.0 Å². The zero-order chi connectivity index (χ0) is 18.0. The Morgan fingerprint density at radius 3 is 2.28 bits per heavy atom. The molecule has 1 amide bonds. The van der Waals surface area contributed by atoms with Gasteiger partial charge in [-0.15, -0.1) is 0 Å². The van der Waals surface area contributed by atoms with E-state index < -0.39 is 11.6 Å². The molecule has 2 N–H and O–H groups in total. The highest BCUT2D eigenvalue weighted by Crippen LogP contribution is 2.13. The molecular weight excluding hydrogens is 330 g/mol. The fraction of sp³-hybridized carbons (Fsp3) is 0.412. The van der Waals surface area contributed by atoms with Crippen LogP contribution in [0.5, 0.6) is 0 Å². The number of hydrogen-bond acceptors (Lipinski definition) is 3. The van der Waals surface area contributed by atoms with Crippen molar-refractivity contribution in [2.24, 2.45) is 0 Å². The van der Waals surface area contributed by atoms with Gasteiger partial charge in [-0.3, -0.25) is 19.6 Å². The van der Waals surface area contributed by atoms with E-state index in [9.17, 15) is 18.4 Å². The van der Waals surface area contributed by atoms with Gasteiger partial charge < -0.3 is 10.00 Å². The molecule has 1 aliphatic heterocycles. The van der Waals surface area contributed by atoms with Crippen LogP contribution in [-0.2, 0) is 17.8 Å². The predicted octanol–water partition coefficient (Wildman–Crippen LogP) is 1.18. The van der Waals surface area contributed by atoms with Gasteiger partial charge in [0.25, 0.3) is 5.56 Å². The Hall–Kier alpha value is -2.48. The van der Waals surface area contributed by atoms with E-state index in [0.717, 1.165) is 6.07 Å². The van der Waals surface area contributed by atoms with Crippen LogP contribution in [0, 0.1) is 18.6 Å². The highest BCUT2D eigenvalue weighted by Gasteiger charge is 2.23. The number of rotatable bonds is 4. The van der Waals surface area contributed by atoms with E-state index in [0.29, 0.717) is 49.5 Å². The third kappa shape index (κ3) is 4.14. The predicted molar refractivity (Wildman–Crippen MR) is 88.1 cm³/mol. The molecule has 0 saturated carbocycles. The number of hydrogen-bond donors (Lipinski definition) is 2. The standard InChI is InChI=1S/C17H20F2N4O2/c1-11-15(17(25)21-20-11)9-16(24)23-4-2-22(3-5-23)10-12-6-13(18)8-14(19)7-12/h6-8H,2-5,9-10H2,1H3,(H2,20,21,25). The lowest BCUT2D eigenvalue weighted by Gasteiger charge is -2.34. The zero-order valence-corrected chi connectivity index (χ0v) is 13.9. The second-order valence-electron chi connectivity index (χ2n) is 6.29. The second-order valence-corrected chi connectivity index (χ2v) is 6.29. The molecule has 0 spiro atoms. The molecule has 3 rings (SSSR count). The van der Waals surface area contributed by atoms with E-state index in [4.69, 9.17) is 0 Å². The summed E-state index contributed by atoms with van der Waals surface area (Å²) in [6, 6.07) is 3.49. The van der Waals surface area contributed by atoms with Crippen LogP contribution in [0.15, 0.2) is 23.0 Å².